The van der Waals surface area contributed by atoms with Gasteiger partial charge in [0.2, 0.25) is 5.91 Å². The van der Waals surface area contributed by atoms with E-state index >= 15 is 0 Å². The summed E-state index contributed by atoms with van der Waals surface area (Å²) in [7, 11) is 0. The van der Waals surface area contributed by atoms with E-state index in [1.165, 1.54) is 12.3 Å². The van der Waals surface area contributed by atoms with Gasteiger partial charge in [0.05, 0.1) is 18.2 Å². The minimum atomic E-state index is -0.920. The first-order valence-corrected chi connectivity index (χ1v) is 7.39. The van der Waals surface area contributed by atoms with E-state index in [0.29, 0.717) is 30.0 Å². The van der Waals surface area contributed by atoms with Crippen LogP contribution in [0, 0.1) is 23.0 Å². The first-order chi connectivity index (χ1) is 11.6. The number of carbonyl (C=O) groups excluding carboxylic acids is 1. The number of hydrogen-bond donors (Lipinski definition) is 0. The first kappa shape index (κ1) is 15.9. The molecular weight excluding hydrogens is 314 g/mol. The van der Waals surface area contributed by atoms with E-state index in [1.54, 1.807) is 21.9 Å². The molecule has 0 saturated carbocycles. The summed E-state index contributed by atoms with van der Waals surface area (Å²) in [6.45, 7) is 1.36. The van der Waals surface area contributed by atoms with Crippen molar-refractivity contribution < 1.29 is 13.6 Å². The zero-order valence-electron chi connectivity index (χ0n) is 12.7. The molecule has 0 unspecified atom stereocenters. The maximum atomic E-state index is 13.3. The van der Waals surface area contributed by atoms with E-state index in [9.17, 15) is 13.6 Å². The highest BCUT2D eigenvalue weighted by atomic mass is 19.2. The summed E-state index contributed by atoms with van der Waals surface area (Å²) in [6, 6.07) is 8.91. The van der Waals surface area contributed by atoms with Crippen LogP contribution in [0.2, 0.25) is 0 Å². The molecule has 1 amide bonds. The fraction of sp³-hybridized carbons (Fsp3) is 0.235. The molecule has 0 atom stereocenters. The minimum Gasteiger partial charge on any atom is -0.345 e. The summed E-state index contributed by atoms with van der Waals surface area (Å²) in [5.41, 5.74) is 1.02. The number of piperazine rings is 1. The molecule has 0 bridgehead atoms. The van der Waals surface area contributed by atoms with Crippen LogP contribution in [0.4, 0.5) is 14.6 Å². The van der Waals surface area contributed by atoms with Crippen molar-refractivity contribution in [3.63, 3.8) is 0 Å². The van der Waals surface area contributed by atoms with Gasteiger partial charge < -0.3 is 9.80 Å². The number of benzene rings is 1. The normalized spacial score (nSPS) is 14.6. The molecule has 1 aromatic heterocycles. The van der Waals surface area contributed by atoms with Gasteiger partial charge in [0.1, 0.15) is 5.82 Å². The maximum absolute atomic E-state index is 13.3. The van der Waals surface area contributed by atoms with Gasteiger partial charge in [-0.05, 0) is 29.8 Å². The van der Waals surface area contributed by atoms with Gasteiger partial charge in [-0.2, -0.15) is 5.26 Å². The van der Waals surface area contributed by atoms with Crippen molar-refractivity contribution in [1.29, 1.82) is 5.26 Å². The number of carbonyl (C=O) groups is 1. The number of rotatable bonds is 3. The molecular formula is C17H14F2N4O. The Hall–Kier alpha value is -3.01. The van der Waals surface area contributed by atoms with Crippen molar-refractivity contribution in [1.82, 2.24) is 9.88 Å². The van der Waals surface area contributed by atoms with Gasteiger partial charge in [-0.3, -0.25) is 4.79 Å². The van der Waals surface area contributed by atoms with Crippen molar-refractivity contribution in [2.45, 2.75) is 6.54 Å². The average Bonchev–Trinajstić information content (AvgIpc) is 2.60. The number of anilines is 1. The molecule has 0 aliphatic carbocycles. The second kappa shape index (κ2) is 6.62. The zero-order valence-corrected chi connectivity index (χ0v) is 12.7. The maximum Gasteiger partial charge on any atom is 0.242 e. The lowest BCUT2D eigenvalue weighted by atomic mass is 10.1. The number of halogens is 2. The number of amides is 1. The Morgan fingerprint density at radius 3 is 2.71 bits per heavy atom. The lowest BCUT2D eigenvalue weighted by Gasteiger charge is -2.35. The smallest absolute Gasteiger partial charge is 0.242 e. The van der Waals surface area contributed by atoms with E-state index < -0.39 is 11.6 Å². The van der Waals surface area contributed by atoms with Gasteiger partial charge in [-0.1, -0.05) is 6.07 Å². The molecule has 1 aliphatic heterocycles. The molecule has 3 rings (SSSR count). The molecule has 0 radical (unpaired) electrons. The van der Waals surface area contributed by atoms with Crippen LogP contribution in [0.5, 0.6) is 0 Å². The Labute approximate surface area is 137 Å². The highest BCUT2D eigenvalue weighted by molar-refractivity contribution is 5.82. The highest BCUT2D eigenvalue weighted by Gasteiger charge is 2.25. The van der Waals surface area contributed by atoms with Crippen molar-refractivity contribution in [3.8, 4) is 6.07 Å². The summed E-state index contributed by atoms with van der Waals surface area (Å²) in [5, 5.41) is 8.93. The van der Waals surface area contributed by atoms with E-state index in [-0.39, 0.29) is 19.0 Å². The molecule has 24 heavy (non-hydrogen) atoms. The topological polar surface area (TPSA) is 60.2 Å². The molecule has 7 heteroatoms. The van der Waals surface area contributed by atoms with Crippen LogP contribution in [-0.2, 0) is 11.3 Å². The fourth-order valence-corrected chi connectivity index (χ4v) is 2.59. The van der Waals surface area contributed by atoms with Crippen molar-refractivity contribution in [3.05, 3.63) is 59.3 Å². The van der Waals surface area contributed by atoms with Gasteiger partial charge in [-0.25, -0.2) is 13.8 Å². The number of nitrogens with zero attached hydrogens (tertiary/aromatic N) is 4. The Kier molecular flexibility index (Phi) is 4.38. The third-order valence-corrected chi connectivity index (χ3v) is 3.87. The predicted octanol–water partition coefficient (Wildman–Crippen LogP) is 2.08. The molecule has 1 aromatic carbocycles. The standard InChI is InChI=1S/C17H14F2N4O/c18-14-2-1-13(7-15(14)19)10-23-6-5-22(11-17(23)24)16-8-12(9-20)3-4-21-16/h1-4,7-8H,5-6,10-11H2. The number of pyridine rings is 1. The molecule has 122 valence electrons. The van der Waals surface area contributed by atoms with Crippen LogP contribution in [0.1, 0.15) is 11.1 Å². The summed E-state index contributed by atoms with van der Waals surface area (Å²) < 4.78 is 26.2. The van der Waals surface area contributed by atoms with Crippen LogP contribution in [0.25, 0.3) is 0 Å². The lowest BCUT2D eigenvalue weighted by Crippen LogP contribution is -2.50. The van der Waals surface area contributed by atoms with Crippen LogP contribution >= 0.6 is 0 Å². The van der Waals surface area contributed by atoms with Gasteiger partial charge in [0.15, 0.2) is 11.6 Å². The Bertz CT molecular complexity index is 818. The van der Waals surface area contributed by atoms with E-state index in [1.807, 2.05) is 6.07 Å². The number of aromatic nitrogens is 1. The second-order valence-corrected chi connectivity index (χ2v) is 5.50. The minimum absolute atomic E-state index is 0.129. The molecule has 0 spiro atoms. The Balaban J connectivity index is 1.68. The summed E-state index contributed by atoms with van der Waals surface area (Å²) in [4.78, 5) is 19.9. The SMILES string of the molecule is N#Cc1ccnc(N2CCN(Cc3ccc(F)c(F)c3)C(=O)C2)c1. The summed E-state index contributed by atoms with van der Waals surface area (Å²) in [6.07, 6.45) is 1.53. The molecule has 2 heterocycles. The molecule has 1 aliphatic rings. The quantitative estimate of drug-likeness (QED) is 0.865. The first-order valence-electron chi connectivity index (χ1n) is 7.39. The van der Waals surface area contributed by atoms with Crippen LogP contribution < -0.4 is 4.90 Å². The third-order valence-electron chi connectivity index (χ3n) is 3.87. The van der Waals surface area contributed by atoms with Crippen molar-refractivity contribution >= 4 is 11.7 Å². The summed E-state index contributed by atoms with van der Waals surface area (Å²) >= 11 is 0. The highest BCUT2D eigenvalue weighted by Crippen LogP contribution is 2.17. The molecule has 1 fully saturated rings. The lowest BCUT2D eigenvalue weighted by molar-refractivity contribution is -0.131. The third kappa shape index (κ3) is 3.33. The van der Waals surface area contributed by atoms with Gasteiger partial charge in [0.25, 0.3) is 0 Å². The molecule has 5 nitrogen and oxygen atoms in total. The van der Waals surface area contributed by atoms with Crippen LogP contribution in [-0.4, -0.2) is 35.4 Å². The van der Waals surface area contributed by atoms with Crippen molar-refractivity contribution in [2.24, 2.45) is 0 Å². The average molecular weight is 328 g/mol. The number of nitriles is 1. The monoisotopic (exact) mass is 328 g/mol. The predicted molar refractivity (Wildman–Crippen MR) is 82.9 cm³/mol. The Morgan fingerprint density at radius 1 is 1.17 bits per heavy atom. The number of hydrogen-bond acceptors (Lipinski definition) is 4. The molecule has 1 saturated heterocycles. The van der Waals surface area contributed by atoms with E-state index in [4.69, 9.17) is 5.26 Å². The van der Waals surface area contributed by atoms with E-state index in [0.717, 1.165) is 12.1 Å². The largest absolute Gasteiger partial charge is 0.345 e. The van der Waals surface area contributed by atoms with Gasteiger partial charge in [-0.15, -0.1) is 0 Å². The fourth-order valence-electron chi connectivity index (χ4n) is 2.59. The Morgan fingerprint density at radius 2 is 2.00 bits per heavy atom. The summed E-state index contributed by atoms with van der Waals surface area (Å²) in [5.74, 6) is -1.38. The van der Waals surface area contributed by atoms with Gasteiger partial charge >= 0.3 is 0 Å². The zero-order chi connectivity index (χ0) is 17.1. The van der Waals surface area contributed by atoms with E-state index in [2.05, 4.69) is 4.98 Å². The molecule has 2 aromatic rings. The van der Waals surface area contributed by atoms with Crippen LogP contribution in [0.3, 0.4) is 0 Å². The molecule has 0 N–H and O–H groups in total. The van der Waals surface area contributed by atoms with Crippen molar-refractivity contribution in [2.75, 3.05) is 24.5 Å². The second-order valence-electron chi connectivity index (χ2n) is 5.50. The van der Waals surface area contributed by atoms with Crippen LogP contribution in [0.15, 0.2) is 36.5 Å². The van der Waals surface area contributed by atoms with Gasteiger partial charge in [0, 0.05) is 25.8 Å².